The van der Waals surface area contributed by atoms with E-state index >= 15 is 0 Å². The van der Waals surface area contributed by atoms with Crippen molar-refractivity contribution in [3.8, 4) is 17.1 Å². The first-order chi connectivity index (χ1) is 13.7. The molecule has 1 saturated carbocycles. The molecule has 28 heavy (non-hydrogen) atoms. The second kappa shape index (κ2) is 8.03. The van der Waals surface area contributed by atoms with Gasteiger partial charge in [-0.3, -0.25) is 14.3 Å². The highest BCUT2D eigenvalue weighted by atomic mass is 16.5. The van der Waals surface area contributed by atoms with E-state index in [-0.39, 0.29) is 12.5 Å². The SMILES string of the molecule is O=C(COc1ccc(-c2noc(=O)[nH]2)cc1)NCCc1nccc(C2CC2)n1. The van der Waals surface area contributed by atoms with Gasteiger partial charge in [0, 0.05) is 36.3 Å². The molecule has 1 fully saturated rings. The molecule has 2 heterocycles. The first-order valence-electron chi connectivity index (χ1n) is 9.05. The molecule has 1 aliphatic rings. The number of carbonyl (C=O) groups excluding carboxylic acids is 1. The molecule has 0 aliphatic heterocycles. The van der Waals surface area contributed by atoms with E-state index in [1.807, 2.05) is 6.07 Å². The highest BCUT2D eigenvalue weighted by Crippen LogP contribution is 2.38. The zero-order valence-corrected chi connectivity index (χ0v) is 15.1. The van der Waals surface area contributed by atoms with Crippen molar-refractivity contribution < 1.29 is 14.1 Å². The van der Waals surface area contributed by atoms with Gasteiger partial charge in [-0.1, -0.05) is 5.16 Å². The van der Waals surface area contributed by atoms with Crippen LogP contribution in [0, 0.1) is 0 Å². The van der Waals surface area contributed by atoms with Gasteiger partial charge in [-0.2, -0.15) is 0 Å². The Bertz CT molecular complexity index is 1010. The summed E-state index contributed by atoms with van der Waals surface area (Å²) in [4.78, 5) is 34.2. The largest absolute Gasteiger partial charge is 0.484 e. The van der Waals surface area contributed by atoms with Crippen LogP contribution in [0.3, 0.4) is 0 Å². The molecule has 9 heteroatoms. The highest BCUT2D eigenvalue weighted by molar-refractivity contribution is 5.77. The van der Waals surface area contributed by atoms with Gasteiger partial charge in [0.15, 0.2) is 12.4 Å². The summed E-state index contributed by atoms with van der Waals surface area (Å²) in [5.41, 5.74) is 1.77. The monoisotopic (exact) mass is 381 g/mol. The topological polar surface area (TPSA) is 123 Å². The summed E-state index contributed by atoms with van der Waals surface area (Å²) in [5.74, 6) is 1.36. The van der Waals surface area contributed by atoms with Crippen LogP contribution in [-0.2, 0) is 11.2 Å². The van der Waals surface area contributed by atoms with Crippen LogP contribution in [0.5, 0.6) is 5.75 Å². The molecule has 2 aromatic heterocycles. The fourth-order valence-corrected chi connectivity index (χ4v) is 2.72. The average molecular weight is 381 g/mol. The number of aromatic nitrogens is 4. The first kappa shape index (κ1) is 17.9. The number of benzene rings is 1. The number of aromatic amines is 1. The van der Waals surface area contributed by atoms with E-state index in [2.05, 4.69) is 29.9 Å². The van der Waals surface area contributed by atoms with Gasteiger partial charge >= 0.3 is 5.76 Å². The molecule has 1 aromatic carbocycles. The van der Waals surface area contributed by atoms with Crippen molar-refractivity contribution in [1.29, 1.82) is 0 Å². The van der Waals surface area contributed by atoms with Crippen molar-refractivity contribution in [3.05, 3.63) is 58.6 Å². The van der Waals surface area contributed by atoms with Crippen LogP contribution in [0.4, 0.5) is 0 Å². The minimum atomic E-state index is -0.614. The quantitative estimate of drug-likeness (QED) is 0.605. The Kier molecular flexibility index (Phi) is 5.14. The van der Waals surface area contributed by atoms with Gasteiger partial charge in [0.05, 0.1) is 0 Å². The number of ether oxygens (including phenoxy) is 1. The maximum absolute atomic E-state index is 11.9. The van der Waals surface area contributed by atoms with Crippen molar-refractivity contribution in [2.45, 2.75) is 25.2 Å². The molecule has 1 amide bonds. The predicted octanol–water partition coefficient (Wildman–Crippen LogP) is 1.43. The summed E-state index contributed by atoms with van der Waals surface area (Å²) in [6.45, 7) is 0.359. The number of amides is 1. The van der Waals surface area contributed by atoms with Gasteiger partial charge < -0.3 is 10.1 Å². The highest BCUT2D eigenvalue weighted by Gasteiger charge is 2.25. The molecule has 0 saturated heterocycles. The Morgan fingerprint density at radius 1 is 1.25 bits per heavy atom. The van der Waals surface area contributed by atoms with Crippen molar-refractivity contribution in [2.24, 2.45) is 0 Å². The van der Waals surface area contributed by atoms with Crippen LogP contribution in [0.2, 0.25) is 0 Å². The molecule has 4 rings (SSSR count). The summed E-state index contributed by atoms with van der Waals surface area (Å²) in [7, 11) is 0. The molecule has 0 atom stereocenters. The summed E-state index contributed by atoms with van der Waals surface area (Å²) in [6, 6.07) is 8.76. The fourth-order valence-electron chi connectivity index (χ4n) is 2.72. The maximum Gasteiger partial charge on any atom is 0.439 e. The minimum Gasteiger partial charge on any atom is -0.484 e. The third kappa shape index (κ3) is 4.61. The molecule has 1 aliphatic carbocycles. The average Bonchev–Trinajstić information content (AvgIpc) is 3.48. The van der Waals surface area contributed by atoms with E-state index in [0.717, 1.165) is 11.5 Å². The van der Waals surface area contributed by atoms with Gasteiger partial charge in [-0.25, -0.2) is 14.8 Å². The van der Waals surface area contributed by atoms with Gasteiger partial charge in [-0.15, -0.1) is 0 Å². The Labute approximate surface area is 160 Å². The fraction of sp³-hybridized carbons (Fsp3) is 0.316. The zero-order chi connectivity index (χ0) is 19.3. The van der Waals surface area contributed by atoms with Gasteiger partial charge in [0.25, 0.3) is 5.91 Å². The van der Waals surface area contributed by atoms with Crippen molar-refractivity contribution in [2.75, 3.05) is 13.2 Å². The molecule has 0 radical (unpaired) electrons. The summed E-state index contributed by atoms with van der Waals surface area (Å²) in [5, 5.41) is 6.41. The summed E-state index contributed by atoms with van der Waals surface area (Å²) in [6.07, 6.45) is 4.75. The lowest BCUT2D eigenvalue weighted by molar-refractivity contribution is -0.123. The molecule has 144 valence electrons. The Balaban J connectivity index is 1.21. The molecule has 2 N–H and O–H groups in total. The van der Waals surface area contributed by atoms with Crippen molar-refractivity contribution >= 4 is 5.91 Å². The normalized spacial score (nSPS) is 13.3. The molecular weight excluding hydrogens is 362 g/mol. The summed E-state index contributed by atoms with van der Waals surface area (Å²) < 4.78 is 9.93. The minimum absolute atomic E-state index is 0.0941. The smallest absolute Gasteiger partial charge is 0.439 e. The number of rotatable bonds is 8. The van der Waals surface area contributed by atoms with Crippen LogP contribution in [0.25, 0.3) is 11.4 Å². The second-order valence-corrected chi connectivity index (χ2v) is 6.53. The lowest BCUT2D eigenvalue weighted by Crippen LogP contribution is -2.30. The Morgan fingerprint density at radius 3 is 2.79 bits per heavy atom. The van der Waals surface area contributed by atoms with E-state index in [1.165, 1.54) is 12.8 Å². The molecule has 0 spiro atoms. The molecule has 3 aromatic rings. The number of hydrogen-bond donors (Lipinski definition) is 2. The van der Waals surface area contributed by atoms with Crippen LogP contribution in [-0.4, -0.2) is 39.2 Å². The molecule has 9 nitrogen and oxygen atoms in total. The van der Waals surface area contributed by atoms with E-state index in [9.17, 15) is 9.59 Å². The number of hydrogen-bond acceptors (Lipinski definition) is 7. The van der Waals surface area contributed by atoms with Gasteiger partial charge in [-0.05, 0) is 43.2 Å². The van der Waals surface area contributed by atoms with Crippen LogP contribution in [0.1, 0.15) is 30.3 Å². The first-order valence-corrected chi connectivity index (χ1v) is 9.05. The Hall–Kier alpha value is -3.49. The third-order valence-electron chi connectivity index (χ3n) is 4.33. The molecule has 0 bridgehead atoms. The van der Waals surface area contributed by atoms with Gasteiger partial charge in [0.2, 0.25) is 0 Å². The molecular formula is C19H19N5O4. The zero-order valence-electron chi connectivity index (χ0n) is 15.1. The van der Waals surface area contributed by atoms with E-state index in [1.54, 1.807) is 30.5 Å². The third-order valence-corrected chi connectivity index (χ3v) is 4.33. The second-order valence-electron chi connectivity index (χ2n) is 6.53. The number of H-pyrrole nitrogens is 1. The van der Waals surface area contributed by atoms with E-state index in [0.29, 0.717) is 36.0 Å². The number of nitrogens with zero attached hydrogens (tertiary/aromatic N) is 3. The Morgan fingerprint density at radius 2 is 2.07 bits per heavy atom. The lowest BCUT2D eigenvalue weighted by Gasteiger charge is -2.08. The molecule has 0 unspecified atom stereocenters. The maximum atomic E-state index is 11.9. The van der Waals surface area contributed by atoms with E-state index < -0.39 is 5.76 Å². The van der Waals surface area contributed by atoms with Crippen molar-refractivity contribution in [3.63, 3.8) is 0 Å². The van der Waals surface area contributed by atoms with Gasteiger partial charge in [0.1, 0.15) is 11.6 Å². The summed E-state index contributed by atoms with van der Waals surface area (Å²) >= 11 is 0. The van der Waals surface area contributed by atoms with Crippen LogP contribution in [0.15, 0.2) is 45.8 Å². The standard InChI is InChI=1S/C19H19N5O4/c25-17(21-10-8-16-20-9-7-15(22-16)12-1-2-12)11-27-14-5-3-13(4-6-14)18-23-19(26)28-24-18/h3-7,9,12H,1-2,8,10-11H2,(H,21,25)(H,23,24,26). The predicted molar refractivity (Wildman–Crippen MR) is 98.8 cm³/mol. The van der Waals surface area contributed by atoms with E-state index in [4.69, 9.17) is 4.74 Å². The van der Waals surface area contributed by atoms with Crippen LogP contribution < -0.4 is 15.8 Å². The number of carbonyl (C=O) groups is 1. The van der Waals surface area contributed by atoms with Crippen molar-refractivity contribution in [1.82, 2.24) is 25.4 Å². The number of nitrogens with one attached hydrogen (secondary N) is 2. The van der Waals surface area contributed by atoms with Crippen LogP contribution >= 0.6 is 0 Å². The lowest BCUT2D eigenvalue weighted by atomic mass is 10.2.